The van der Waals surface area contributed by atoms with Crippen molar-refractivity contribution in [3.05, 3.63) is 0 Å². The van der Waals surface area contributed by atoms with Gasteiger partial charge in [0.25, 0.3) is 0 Å². The van der Waals surface area contributed by atoms with Crippen LogP contribution >= 0.6 is 0 Å². The quantitative estimate of drug-likeness (QED) is 0.201. The van der Waals surface area contributed by atoms with E-state index in [-0.39, 0.29) is 6.42 Å². The monoisotopic (exact) mass is 386 g/mol. The van der Waals surface area contributed by atoms with Gasteiger partial charge in [0.1, 0.15) is 36.6 Å². The molecule has 0 aliphatic carbocycles. The molecule has 0 heterocycles. The molecule has 0 aromatic carbocycles. The summed E-state index contributed by atoms with van der Waals surface area (Å²) in [5.41, 5.74) is 0. The number of ketones is 3. The third-order valence-corrected chi connectivity index (χ3v) is 3.07. The molecule has 152 valence electrons. The summed E-state index contributed by atoms with van der Waals surface area (Å²) in [6.45, 7) is 5.36. The van der Waals surface area contributed by atoms with Crippen molar-refractivity contribution >= 4 is 35.3 Å². The van der Waals surface area contributed by atoms with Crippen LogP contribution in [0.1, 0.15) is 72.6 Å². The second kappa shape index (κ2) is 11.9. The first-order chi connectivity index (χ1) is 12.5. The summed E-state index contributed by atoms with van der Waals surface area (Å²) in [7, 11) is 0. The molecule has 9 heteroatoms. The van der Waals surface area contributed by atoms with Crippen molar-refractivity contribution in [3.63, 3.8) is 0 Å². The van der Waals surface area contributed by atoms with Crippen molar-refractivity contribution in [2.24, 2.45) is 0 Å². The number of carbonyl (C=O) groups excluding carboxylic acids is 6. The first-order valence-electron chi connectivity index (χ1n) is 8.63. The topological polar surface area (TPSA) is 130 Å². The number of esters is 3. The average Bonchev–Trinajstić information content (AvgIpc) is 2.43. The number of carbonyl (C=O) groups is 6. The Bertz CT molecular complexity index is 518. The molecule has 0 saturated heterocycles. The van der Waals surface area contributed by atoms with Crippen LogP contribution in [0.4, 0.5) is 0 Å². The van der Waals surface area contributed by atoms with Gasteiger partial charge in [-0.3, -0.25) is 28.8 Å². The van der Waals surface area contributed by atoms with Crippen LogP contribution in [0.5, 0.6) is 0 Å². The Morgan fingerprint density at radius 2 is 0.963 bits per heavy atom. The van der Waals surface area contributed by atoms with E-state index in [1.54, 1.807) is 0 Å². The van der Waals surface area contributed by atoms with Crippen LogP contribution in [-0.2, 0) is 43.0 Å². The van der Waals surface area contributed by atoms with E-state index in [9.17, 15) is 28.8 Å². The molecule has 0 aromatic rings. The van der Waals surface area contributed by atoms with Gasteiger partial charge in [0.15, 0.2) is 0 Å². The van der Waals surface area contributed by atoms with Gasteiger partial charge < -0.3 is 14.2 Å². The average molecular weight is 386 g/mol. The molecule has 0 spiro atoms. The zero-order valence-corrected chi connectivity index (χ0v) is 16.1. The van der Waals surface area contributed by atoms with Gasteiger partial charge in [-0.1, -0.05) is 19.8 Å². The summed E-state index contributed by atoms with van der Waals surface area (Å²) in [6.07, 6.45) is -0.304. The predicted octanol–water partition coefficient (Wildman–Crippen LogP) is 1.79. The van der Waals surface area contributed by atoms with Gasteiger partial charge in [0.05, 0.1) is 6.42 Å². The van der Waals surface area contributed by atoms with Crippen molar-refractivity contribution in [3.8, 4) is 0 Å². The highest BCUT2D eigenvalue weighted by Crippen LogP contribution is 2.26. The number of Topliss-reactive ketones (excluding diaryl/α,β-unsaturated/α-hetero) is 3. The summed E-state index contributed by atoms with van der Waals surface area (Å²) in [4.78, 5) is 69.2. The van der Waals surface area contributed by atoms with Gasteiger partial charge >= 0.3 is 23.9 Å². The molecule has 0 radical (unpaired) electrons. The van der Waals surface area contributed by atoms with Crippen LogP contribution in [-0.4, -0.2) is 41.2 Å². The number of hydrogen-bond donors (Lipinski definition) is 0. The van der Waals surface area contributed by atoms with Gasteiger partial charge in [-0.25, -0.2) is 0 Å². The standard InChI is InChI=1S/C18H26O9/c1-5-6-7-8-18(25-15(22)9-12(2)19,26-16(23)10-13(3)20)27-17(24)11-14(4)21/h5-11H2,1-4H3. The van der Waals surface area contributed by atoms with E-state index < -0.39 is 60.5 Å². The maximum absolute atomic E-state index is 11.9. The number of ether oxygens (including phenoxy) is 3. The van der Waals surface area contributed by atoms with Crippen LogP contribution < -0.4 is 0 Å². The van der Waals surface area contributed by atoms with Gasteiger partial charge in [-0.2, -0.15) is 0 Å². The molecule has 0 N–H and O–H groups in total. The molecule has 27 heavy (non-hydrogen) atoms. The summed E-state index contributed by atoms with van der Waals surface area (Å²) < 4.78 is 15.1. The lowest BCUT2D eigenvalue weighted by atomic mass is 10.1. The van der Waals surface area contributed by atoms with Gasteiger partial charge in [-0.15, -0.1) is 0 Å². The third kappa shape index (κ3) is 11.6. The lowest BCUT2D eigenvalue weighted by Crippen LogP contribution is -2.45. The minimum absolute atomic E-state index is 0.197. The van der Waals surface area contributed by atoms with Crippen LogP contribution in [0.15, 0.2) is 0 Å². The minimum atomic E-state index is -2.43. The predicted molar refractivity (Wildman–Crippen MR) is 91.0 cm³/mol. The van der Waals surface area contributed by atoms with Crippen LogP contribution in [0, 0.1) is 0 Å². The minimum Gasteiger partial charge on any atom is -0.388 e. The highest BCUT2D eigenvalue weighted by atomic mass is 16.9. The maximum Gasteiger partial charge on any atom is 0.423 e. The molecule has 0 unspecified atom stereocenters. The van der Waals surface area contributed by atoms with Gasteiger partial charge in [0.2, 0.25) is 0 Å². The van der Waals surface area contributed by atoms with E-state index in [1.165, 1.54) is 0 Å². The Kier molecular flexibility index (Phi) is 10.8. The summed E-state index contributed by atoms with van der Waals surface area (Å²) in [5.74, 6) is -7.14. The Morgan fingerprint density at radius 1 is 0.630 bits per heavy atom. The molecule has 0 aliphatic heterocycles. The molecule has 0 bridgehead atoms. The molecule has 0 atom stereocenters. The molecule has 9 nitrogen and oxygen atoms in total. The van der Waals surface area contributed by atoms with Crippen LogP contribution in [0.25, 0.3) is 0 Å². The molecule has 0 rings (SSSR count). The van der Waals surface area contributed by atoms with E-state index in [4.69, 9.17) is 14.2 Å². The fourth-order valence-corrected chi connectivity index (χ4v) is 2.05. The fraction of sp³-hybridized carbons (Fsp3) is 0.667. The first kappa shape index (κ1) is 24.4. The fourth-order valence-electron chi connectivity index (χ4n) is 2.05. The van der Waals surface area contributed by atoms with Crippen molar-refractivity contribution < 1.29 is 43.0 Å². The second-order valence-electron chi connectivity index (χ2n) is 6.20. The molecule has 0 amide bonds. The molecule has 0 aromatic heterocycles. The Labute approximate surface area is 157 Å². The van der Waals surface area contributed by atoms with E-state index in [0.29, 0.717) is 12.8 Å². The maximum atomic E-state index is 11.9. The Morgan fingerprint density at radius 3 is 1.22 bits per heavy atom. The number of hydrogen-bond acceptors (Lipinski definition) is 9. The van der Waals surface area contributed by atoms with Gasteiger partial charge in [-0.05, 0) is 27.2 Å². The van der Waals surface area contributed by atoms with Crippen molar-refractivity contribution in [1.82, 2.24) is 0 Å². The summed E-state index contributed by atoms with van der Waals surface area (Å²) in [6, 6.07) is 0. The highest BCUT2D eigenvalue weighted by molar-refractivity contribution is 5.96. The second-order valence-corrected chi connectivity index (χ2v) is 6.20. The Balaban J connectivity index is 5.62. The lowest BCUT2D eigenvalue weighted by molar-refractivity contribution is -0.332. The van der Waals surface area contributed by atoms with E-state index in [0.717, 1.165) is 27.2 Å². The van der Waals surface area contributed by atoms with E-state index in [2.05, 4.69) is 0 Å². The normalized spacial score (nSPS) is 10.7. The molecule has 0 aliphatic rings. The van der Waals surface area contributed by atoms with Crippen LogP contribution in [0.3, 0.4) is 0 Å². The molecule has 0 saturated carbocycles. The zero-order chi connectivity index (χ0) is 21.0. The third-order valence-electron chi connectivity index (χ3n) is 3.07. The molecular formula is C18H26O9. The smallest absolute Gasteiger partial charge is 0.388 e. The molecule has 0 fully saturated rings. The SMILES string of the molecule is CCCCCC(OC(=O)CC(C)=O)(OC(=O)CC(C)=O)OC(=O)CC(C)=O. The van der Waals surface area contributed by atoms with Crippen LogP contribution in [0.2, 0.25) is 0 Å². The van der Waals surface area contributed by atoms with Crippen molar-refractivity contribution in [2.75, 3.05) is 0 Å². The van der Waals surface area contributed by atoms with Crippen molar-refractivity contribution in [2.45, 2.75) is 78.6 Å². The van der Waals surface area contributed by atoms with E-state index >= 15 is 0 Å². The van der Waals surface area contributed by atoms with Crippen molar-refractivity contribution in [1.29, 1.82) is 0 Å². The number of unbranched alkanes of at least 4 members (excludes halogenated alkanes) is 2. The highest BCUT2D eigenvalue weighted by Gasteiger charge is 2.43. The summed E-state index contributed by atoms with van der Waals surface area (Å²) >= 11 is 0. The van der Waals surface area contributed by atoms with Gasteiger partial charge in [0, 0.05) is 0 Å². The van der Waals surface area contributed by atoms with E-state index in [1.807, 2.05) is 6.92 Å². The Hall–Kier alpha value is -2.58. The number of rotatable bonds is 13. The molecular weight excluding hydrogens is 360 g/mol. The largest absolute Gasteiger partial charge is 0.423 e. The zero-order valence-electron chi connectivity index (χ0n) is 16.1. The first-order valence-corrected chi connectivity index (χ1v) is 8.63. The lowest BCUT2D eigenvalue weighted by Gasteiger charge is -2.31. The summed E-state index contributed by atoms with van der Waals surface area (Å²) in [5, 5.41) is 0.